The zero-order chi connectivity index (χ0) is 24.8. The van der Waals surface area contributed by atoms with E-state index < -0.39 is 57.5 Å². The second kappa shape index (κ2) is 8.37. The first-order valence-corrected chi connectivity index (χ1v) is 12.1. The lowest BCUT2D eigenvalue weighted by Crippen LogP contribution is -2.74. The number of rotatable bonds is 9. The molecule has 6 N–H and O–H groups in total. The highest BCUT2D eigenvalue weighted by atomic mass is 32.2. The van der Waals surface area contributed by atoms with Gasteiger partial charge in [-0.3, -0.25) is 14.1 Å². The number of urea groups is 1. The highest BCUT2D eigenvalue weighted by molar-refractivity contribution is 7.84. The van der Waals surface area contributed by atoms with Gasteiger partial charge in [-0.1, -0.05) is 5.16 Å². The van der Waals surface area contributed by atoms with Crippen molar-refractivity contribution in [2.24, 2.45) is 5.16 Å². The van der Waals surface area contributed by atoms with E-state index in [9.17, 15) is 37.3 Å². The van der Waals surface area contributed by atoms with Crippen LogP contribution in [0.1, 0.15) is 18.5 Å². The molecule has 3 heterocycles. The van der Waals surface area contributed by atoms with Crippen LogP contribution in [0.5, 0.6) is 0 Å². The summed E-state index contributed by atoms with van der Waals surface area (Å²) in [4.78, 5) is 58.9. The number of carbonyl (C=O) groups is 4. The Balaban J connectivity index is 1.57. The Hall–Kier alpha value is -3.51. The second-order valence-corrected chi connectivity index (χ2v) is 9.89. The van der Waals surface area contributed by atoms with E-state index in [1.807, 2.05) is 0 Å². The molecule has 4 rings (SSSR count). The number of aromatic nitrogens is 1. The van der Waals surface area contributed by atoms with Gasteiger partial charge in [0.15, 0.2) is 10.8 Å². The number of thiazole rings is 1. The molecule has 0 aromatic carbocycles. The summed E-state index contributed by atoms with van der Waals surface area (Å²) in [5.74, 6) is -3.44. The molecule has 184 valence electrons. The average molecular weight is 518 g/mol. The van der Waals surface area contributed by atoms with Gasteiger partial charge in [0.25, 0.3) is 11.8 Å². The Bertz CT molecular complexity index is 1190. The molecule has 16 nitrogen and oxygen atoms in total. The molecule has 0 radical (unpaired) electrons. The van der Waals surface area contributed by atoms with Gasteiger partial charge < -0.3 is 31.2 Å². The monoisotopic (exact) mass is 517 g/mol. The van der Waals surface area contributed by atoms with E-state index in [2.05, 4.69) is 20.8 Å². The van der Waals surface area contributed by atoms with Crippen molar-refractivity contribution in [3.8, 4) is 0 Å². The van der Waals surface area contributed by atoms with Crippen LogP contribution in [-0.2, 0) is 29.5 Å². The summed E-state index contributed by atoms with van der Waals surface area (Å²) in [7, 11) is -4.97. The number of aliphatic carboxylic acids is 1. The van der Waals surface area contributed by atoms with Crippen molar-refractivity contribution in [1.29, 1.82) is 0 Å². The first-order chi connectivity index (χ1) is 15.9. The van der Waals surface area contributed by atoms with Gasteiger partial charge in [-0.05, 0) is 0 Å². The summed E-state index contributed by atoms with van der Waals surface area (Å²) in [6.45, 7) is 0.226. The molecule has 3 fully saturated rings. The summed E-state index contributed by atoms with van der Waals surface area (Å²) in [5.41, 5.74) is 3.47. The molecule has 1 saturated carbocycles. The number of nitrogens with zero attached hydrogens (tertiary/aromatic N) is 4. The summed E-state index contributed by atoms with van der Waals surface area (Å²) in [6.07, 6.45) is 0.342. The SMILES string of the molecule is Nc1nc(C(=NOC2(C(=O)O)CC2)C(=O)NC2C(=O)N(S(=O)(=O)O)C2CN2CCNC2=O)cs1. The third-order valence-electron chi connectivity index (χ3n) is 5.44. The maximum Gasteiger partial charge on any atom is 0.362 e. The quantitative estimate of drug-likeness (QED) is 0.100. The molecule has 34 heavy (non-hydrogen) atoms. The van der Waals surface area contributed by atoms with Gasteiger partial charge >= 0.3 is 22.3 Å². The normalized spacial score (nSPS) is 23.9. The number of β-lactam (4-membered cyclic amide) rings is 1. The number of nitrogen functional groups attached to an aromatic ring is 1. The molecular formula is C16H19N7O9S2. The molecule has 1 aromatic rings. The molecule has 1 aliphatic carbocycles. The zero-order valence-electron chi connectivity index (χ0n) is 17.2. The van der Waals surface area contributed by atoms with Crippen molar-refractivity contribution >= 4 is 56.3 Å². The molecule has 0 spiro atoms. The van der Waals surface area contributed by atoms with Crippen molar-refractivity contribution in [1.82, 2.24) is 24.8 Å². The molecule has 3 aliphatic rings. The second-order valence-electron chi connectivity index (χ2n) is 7.71. The number of anilines is 1. The number of nitrogens with two attached hydrogens (primary N) is 1. The minimum atomic E-state index is -4.97. The lowest BCUT2D eigenvalue weighted by molar-refractivity contribution is -0.153. The first-order valence-electron chi connectivity index (χ1n) is 9.78. The summed E-state index contributed by atoms with van der Waals surface area (Å²) < 4.78 is 32.9. The van der Waals surface area contributed by atoms with Gasteiger partial charge in [0.2, 0.25) is 5.60 Å². The molecule has 2 unspecified atom stereocenters. The highest BCUT2D eigenvalue weighted by Crippen LogP contribution is 2.40. The smallest absolute Gasteiger partial charge is 0.362 e. The van der Waals surface area contributed by atoms with Crippen LogP contribution in [-0.4, -0.2) is 99.1 Å². The van der Waals surface area contributed by atoms with Crippen molar-refractivity contribution < 1.29 is 42.1 Å². The molecule has 2 aliphatic heterocycles. The van der Waals surface area contributed by atoms with E-state index in [4.69, 9.17) is 10.6 Å². The molecule has 1 aromatic heterocycles. The molecule has 0 bridgehead atoms. The van der Waals surface area contributed by atoms with E-state index in [1.165, 1.54) is 10.3 Å². The van der Waals surface area contributed by atoms with Crippen LogP contribution >= 0.6 is 11.3 Å². The number of hydrogen-bond acceptors (Lipinski definition) is 11. The number of carboxylic acid groups (broad SMARTS) is 1. The van der Waals surface area contributed by atoms with Gasteiger partial charge in [0.1, 0.15) is 11.7 Å². The van der Waals surface area contributed by atoms with Crippen molar-refractivity contribution in [2.75, 3.05) is 25.4 Å². The summed E-state index contributed by atoms with van der Waals surface area (Å²) in [5, 5.41) is 19.2. The van der Waals surface area contributed by atoms with Gasteiger partial charge in [0.05, 0.1) is 6.04 Å². The van der Waals surface area contributed by atoms with E-state index in [1.54, 1.807) is 0 Å². The Morgan fingerprint density at radius 3 is 2.62 bits per heavy atom. The van der Waals surface area contributed by atoms with Crippen LogP contribution in [0.25, 0.3) is 0 Å². The van der Waals surface area contributed by atoms with Gasteiger partial charge in [0, 0.05) is 37.9 Å². The number of amides is 4. The minimum absolute atomic E-state index is 0.0601. The minimum Gasteiger partial charge on any atom is -0.478 e. The number of hydrogen-bond donors (Lipinski definition) is 5. The Kier molecular flexibility index (Phi) is 5.82. The Labute approximate surface area is 195 Å². The number of carboxylic acids is 1. The summed E-state index contributed by atoms with van der Waals surface area (Å²) in [6, 6.07) is -3.25. The topological polar surface area (TPSA) is 234 Å². The maximum absolute atomic E-state index is 13.0. The average Bonchev–Trinajstić information content (AvgIpc) is 3.26. The lowest BCUT2D eigenvalue weighted by atomic mass is 9.97. The van der Waals surface area contributed by atoms with Crippen LogP contribution in [0.4, 0.5) is 9.93 Å². The van der Waals surface area contributed by atoms with Crippen LogP contribution in [0.3, 0.4) is 0 Å². The molecule has 2 saturated heterocycles. The molecule has 18 heteroatoms. The fourth-order valence-corrected chi connectivity index (χ4v) is 4.87. The van der Waals surface area contributed by atoms with Crippen molar-refractivity contribution in [2.45, 2.75) is 30.5 Å². The molecule has 4 amide bonds. The maximum atomic E-state index is 13.0. The number of nitrogens with one attached hydrogen (secondary N) is 2. The van der Waals surface area contributed by atoms with Crippen LogP contribution in [0.2, 0.25) is 0 Å². The lowest BCUT2D eigenvalue weighted by Gasteiger charge is -2.45. The summed E-state index contributed by atoms with van der Waals surface area (Å²) >= 11 is 0.966. The first kappa shape index (κ1) is 23.6. The van der Waals surface area contributed by atoms with Crippen LogP contribution in [0, 0.1) is 0 Å². The highest BCUT2D eigenvalue weighted by Gasteiger charge is 2.56. The fourth-order valence-electron chi connectivity index (χ4n) is 3.45. The van der Waals surface area contributed by atoms with Crippen LogP contribution < -0.4 is 16.4 Å². The molecule has 2 atom stereocenters. The Morgan fingerprint density at radius 1 is 1.41 bits per heavy atom. The van der Waals surface area contributed by atoms with Gasteiger partial charge in [-0.15, -0.1) is 11.3 Å². The van der Waals surface area contributed by atoms with E-state index in [-0.39, 0.29) is 41.1 Å². The predicted molar refractivity (Wildman–Crippen MR) is 113 cm³/mol. The van der Waals surface area contributed by atoms with Crippen molar-refractivity contribution in [3.05, 3.63) is 11.1 Å². The number of oxime groups is 1. The van der Waals surface area contributed by atoms with E-state index in [0.717, 1.165) is 11.3 Å². The molecular weight excluding hydrogens is 498 g/mol. The number of carbonyl (C=O) groups excluding carboxylic acids is 3. The zero-order valence-corrected chi connectivity index (χ0v) is 18.8. The van der Waals surface area contributed by atoms with Crippen LogP contribution in [0.15, 0.2) is 10.5 Å². The largest absolute Gasteiger partial charge is 0.478 e. The van der Waals surface area contributed by atoms with E-state index in [0.29, 0.717) is 6.54 Å². The third-order valence-corrected chi connectivity index (χ3v) is 7.06. The van der Waals surface area contributed by atoms with Gasteiger partial charge in [-0.2, -0.15) is 8.42 Å². The van der Waals surface area contributed by atoms with E-state index >= 15 is 0 Å². The van der Waals surface area contributed by atoms with Crippen molar-refractivity contribution in [3.63, 3.8) is 0 Å². The Morgan fingerprint density at radius 2 is 2.12 bits per heavy atom. The fraction of sp³-hybridized carbons (Fsp3) is 0.500. The van der Waals surface area contributed by atoms with Gasteiger partial charge in [-0.25, -0.2) is 18.9 Å². The third kappa shape index (κ3) is 4.33. The standard InChI is InChI=1S/C16H19N7O9S2/c17-14-19-7(6-33-14)9(21-32-16(1-2-16)13(26)27)11(24)20-10-8(5-22-4-3-18-15(22)28)23(12(10)25)34(29,30)31/h6,8,10H,1-5H2,(H2,17,19)(H,18,28)(H,20,24)(H,26,27)(H,29,30,31). The predicted octanol–water partition coefficient (Wildman–Crippen LogP) is -2.41.